The summed E-state index contributed by atoms with van der Waals surface area (Å²) in [4.78, 5) is 24.8. The molecule has 4 aromatic rings. The summed E-state index contributed by atoms with van der Waals surface area (Å²) in [5.74, 6) is -0.599. The average Bonchev–Trinajstić information content (AvgIpc) is 2.72. The maximum absolute atomic E-state index is 12.5. The van der Waals surface area contributed by atoms with Crippen LogP contribution in [0.15, 0.2) is 84.9 Å². The first kappa shape index (κ1) is 16.8. The highest BCUT2D eigenvalue weighted by Crippen LogP contribution is 2.19. The number of carbonyl (C=O) groups excluding carboxylic acids is 2. The first-order chi connectivity index (χ1) is 13.2. The zero-order valence-electron chi connectivity index (χ0n) is 14.6. The van der Waals surface area contributed by atoms with Crippen molar-refractivity contribution < 1.29 is 9.59 Å². The minimum atomic E-state index is -0.335. The molecule has 2 amide bonds. The molecule has 0 atom stereocenters. The number of amides is 2. The van der Waals surface area contributed by atoms with E-state index >= 15 is 0 Å². The Morgan fingerprint density at radius 1 is 0.630 bits per heavy atom. The maximum atomic E-state index is 12.5. The first-order valence-electron chi connectivity index (χ1n) is 8.76. The minimum Gasteiger partial charge on any atom is -0.273 e. The Hall–Kier alpha value is -3.66. The minimum absolute atomic E-state index is 0.192. The van der Waals surface area contributed by atoms with Crippen molar-refractivity contribution in [3.63, 3.8) is 0 Å². The number of hydrazine groups is 1. The van der Waals surface area contributed by atoms with Crippen molar-refractivity contribution in [3.8, 4) is 0 Å². The van der Waals surface area contributed by atoms with E-state index in [2.05, 4.69) is 10.9 Å². The third-order valence-electron chi connectivity index (χ3n) is 4.58. The molecule has 0 unspecified atom stereocenters. The van der Waals surface area contributed by atoms with E-state index in [1.807, 2.05) is 78.9 Å². The summed E-state index contributed by atoms with van der Waals surface area (Å²) in [6, 6.07) is 27.0. The summed E-state index contributed by atoms with van der Waals surface area (Å²) in [5, 5.41) is 3.95. The quantitative estimate of drug-likeness (QED) is 0.547. The lowest BCUT2D eigenvalue weighted by atomic mass is 10.0. The molecule has 4 heteroatoms. The average molecular weight is 354 g/mol. The summed E-state index contributed by atoms with van der Waals surface area (Å²) in [7, 11) is 0. The molecule has 0 aromatic heterocycles. The molecule has 0 aliphatic rings. The van der Waals surface area contributed by atoms with Gasteiger partial charge in [-0.2, -0.15) is 0 Å². The molecule has 4 aromatic carbocycles. The van der Waals surface area contributed by atoms with Gasteiger partial charge in [0, 0.05) is 5.56 Å². The topological polar surface area (TPSA) is 58.2 Å². The van der Waals surface area contributed by atoms with Crippen LogP contribution < -0.4 is 10.9 Å². The fourth-order valence-corrected chi connectivity index (χ4v) is 3.28. The van der Waals surface area contributed by atoms with E-state index in [0.717, 1.165) is 27.1 Å². The number of hydrogen-bond donors (Lipinski definition) is 2. The molecule has 27 heavy (non-hydrogen) atoms. The third-order valence-corrected chi connectivity index (χ3v) is 4.58. The Kier molecular flexibility index (Phi) is 4.54. The molecule has 4 nitrogen and oxygen atoms in total. The molecule has 0 aliphatic carbocycles. The van der Waals surface area contributed by atoms with E-state index in [0.29, 0.717) is 5.56 Å². The SMILES string of the molecule is O=C(Cc1cccc2ccccc12)NNC(=O)c1cccc2ccccc12. The summed E-state index contributed by atoms with van der Waals surface area (Å²) < 4.78 is 0. The number of hydrogen-bond acceptors (Lipinski definition) is 2. The number of carbonyl (C=O) groups is 2. The summed E-state index contributed by atoms with van der Waals surface area (Å²) in [6.45, 7) is 0. The van der Waals surface area contributed by atoms with E-state index in [4.69, 9.17) is 0 Å². The van der Waals surface area contributed by atoms with E-state index in [-0.39, 0.29) is 18.2 Å². The second-order valence-corrected chi connectivity index (χ2v) is 6.34. The highest BCUT2D eigenvalue weighted by atomic mass is 16.2. The van der Waals surface area contributed by atoms with Crippen LogP contribution in [-0.2, 0) is 11.2 Å². The lowest BCUT2D eigenvalue weighted by molar-refractivity contribution is -0.121. The third kappa shape index (κ3) is 3.51. The highest BCUT2D eigenvalue weighted by molar-refractivity contribution is 6.07. The van der Waals surface area contributed by atoms with Gasteiger partial charge in [-0.1, -0.05) is 78.9 Å². The van der Waals surface area contributed by atoms with Gasteiger partial charge in [0.05, 0.1) is 6.42 Å². The smallest absolute Gasteiger partial charge is 0.270 e. The van der Waals surface area contributed by atoms with Crippen LogP contribution in [0.4, 0.5) is 0 Å². The molecular weight excluding hydrogens is 336 g/mol. The Bertz CT molecular complexity index is 1140. The molecule has 0 saturated carbocycles. The number of nitrogens with one attached hydrogen (secondary N) is 2. The number of benzene rings is 4. The first-order valence-corrected chi connectivity index (χ1v) is 8.76. The van der Waals surface area contributed by atoms with Gasteiger partial charge in [0.2, 0.25) is 5.91 Å². The van der Waals surface area contributed by atoms with Gasteiger partial charge in [-0.25, -0.2) is 0 Å². The van der Waals surface area contributed by atoms with Crippen LogP contribution in [0.3, 0.4) is 0 Å². The van der Waals surface area contributed by atoms with E-state index in [1.54, 1.807) is 6.07 Å². The number of rotatable bonds is 3. The molecule has 0 fully saturated rings. The van der Waals surface area contributed by atoms with Crippen molar-refractivity contribution in [2.45, 2.75) is 6.42 Å². The highest BCUT2D eigenvalue weighted by Gasteiger charge is 2.11. The molecule has 4 rings (SSSR count). The Balaban J connectivity index is 1.46. The van der Waals surface area contributed by atoms with Crippen molar-refractivity contribution in [2.24, 2.45) is 0 Å². The van der Waals surface area contributed by atoms with Gasteiger partial charge in [0.15, 0.2) is 0 Å². The summed E-state index contributed by atoms with van der Waals surface area (Å²) in [5.41, 5.74) is 6.49. The Morgan fingerprint density at radius 2 is 1.22 bits per heavy atom. The van der Waals surface area contributed by atoms with Crippen LogP contribution in [0.25, 0.3) is 21.5 Å². The molecule has 0 bridgehead atoms. The molecule has 2 N–H and O–H groups in total. The van der Waals surface area contributed by atoms with Gasteiger partial charge in [-0.3, -0.25) is 20.4 Å². The number of fused-ring (bicyclic) bond motifs is 2. The van der Waals surface area contributed by atoms with Gasteiger partial charge in [0.25, 0.3) is 5.91 Å². The zero-order chi connectivity index (χ0) is 18.6. The van der Waals surface area contributed by atoms with Crippen molar-refractivity contribution >= 4 is 33.4 Å². The van der Waals surface area contributed by atoms with Crippen LogP contribution >= 0.6 is 0 Å². The Labute approximate surface area is 156 Å². The Morgan fingerprint density at radius 3 is 2.00 bits per heavy atom. The van der Waals surface area contributed by atoms with Crippen molar-refractivity contribution in [1.82, 2.24) is 10.9 Å². The van der Waals surface area contributed by atoms with Gasteiger partial charge in [-0.05, 0) is 33.2 Å². The van der Waals surface area contributed by atoms with Crippen molar-refractivity contribution in [1.29, 1.82) is 0 Å². The van der Waals surface area contributed by atoms with E-state index in [1.165, 1.54) is 0 Å². The fraction of sp³-hybridized carbons (Fsp3) is 0.0435. The van der Waals surface area contributed by atoms with E-state index < -0.39 is 0 Å². The van der Waals surface area contributed by atoms with Gasteiger partial charge < -0.3 is 0 Å². The van der Waals surface area contributed by atoms with Crippen LogP contribution in [0, 0.1) is 0 Å². The molecular formula is C23H18N2O2. The predicted octanol–water partition coefficient (Wildman–Crippen LogP) is 4.00. The van der Waals surface area contributed by atoms with Crippen molar-refractivity contribution in [3.05, 3.63) is 96.1 Å². The van der Waals surface area contributed by atoms with Crippen LogP contribution in [0.1, 0.15) is 15.9 Å². The second kappa shape index (κ2) is 7.30. The molecule has 0 radical (unpaired) electrons. The van der Waals surface area contributed by atoms with Gasteiger partial charge >= 0.3 is 0 Å². The van der Waals surface area contributed by atoms with Gasteiger partial charge in [-0.15, -0.1) is 0 Å². The molecule has 132 valence electrons. The lowest BCUT2D eigenvalue weighted by Gasteiger charge is -2.10. The molecule has 0 spiro atoms. The molecule has 0 saturated heterocycles. The standard InChI is InChI=1S/C23H18N2O2/c26-22(15-18-11-5-9-16-7-1-3-12-19(16)18)24-25-23(27)21-14-6-10-17-8-2-4-13-20(17)21/h1-14H,15H2,(H,24,26)(H,25,27). The summed E-state index contributed by atoms with van der Waals surface area (Å²) in [6.07, 6.45) is 0.192. The lowest BCUT2D eigenvalue weighted by Crippen LogP contribution is -2.42. The monoisotopic (exact) mass is 354 g/mol. The van der Waals surface area contributed by atoms with Gasteiger partial charge in [0.1, 0.15) is 0 Å². The van der Waals surface area contributed by atoms with Crippen LogP contribution in [0.5, 0.6) is 0 Å². The fourth-order valence-electron chi connectivity index (χ4n) is 3.28. The second-order valence-electron chi connectivity index (χ2n) is 6.34. The zero-order valence-corrected chi connectivity index (χ0v) is 14.6. The summed E-state index contributed by atoms with van der Waals surface area (Å²) >= 11 is 0. The maximum Gasteiger partial charge on any atom is 0.270 e. The normalized spacial score (nSPS) is 10.7. The molecule has 0 heterocycles. The molecule has 0 aliphatic heterocycles. The van der Waals surface area contributed by atoms with Crippen LogP contribution in [-0.4, -0.2) is 11.8 Å². The van der Waals surface area contributed by atoms with Crippen molar-refractivity contribution in [2.75, 3.05) is 0 Å². The predicted molar refractivity (Wildman–Crippen MR) is 107 cm³/mol. The largest absolute Gasteiger partial charge is 0.273 e. The van der Waals surface area contributed by atoms with E-state index in [9.17, 15) is 9.59 Å². The van der Waals surface area contributed by atoms with Crippen LogP contribution in [0.2, 0.25) is 0 Å².